The number of nitrogen functional groups attached to an aromatic ring is 1. The van der Waals surface area contributed by atoms with Crippen molar-refractivity contribution in [3.63, 3.8) is 0 Å². The van der Waals surface area contributed by atoms with Crippen molar-refractivity contribution in [3.8, 4) is 0 Å². The van der Waals surface area contributed by atoms with Gasteiger partial charge in [-0.15, -0.1) is 0 Å². The molecule has 0 aliphatic carbocycles. The van der Waals surface area contributed by atoms with Gasteiger partial charge in [0, 0.05) is 11.0 Å². The molecule has 2 aromatic rings. The van der Waals surface area contributed by atoms with E-state index in [-0.39, 0.29) is 11.7 Å². The molecule has 112 valence electrons. The lowest BCUT2D eigenvalue weighted by atomic mass is 10.2. The van der Waals surface area contributed by atoms with Crippen LogP contribution in [0.1, 0.15) is 20.9 Å². The largest absolute Gasteiger partial charge is 0.435 e. The molecule has 2 rings (SSSR count). The summed E-state index contributed by atoms with van der Waals surface area (Å²) in [6.07, 6.45) is -4.71. The van der Waals surface area contributed by atoms with Crippen molar-refractivity contribution in [1.82, 2.24) is 10.3 Å². The molecule has 0 fully saturated rings. The number of halogens is 4. The minimum atomic E-state index is -4.71. The minimum absolute atomic E-state index is 0.105. The highest BCUT2D eigenvalue weighted by atomic mass is 79.9. The highest BCUT2D eigenvalue weighted by Crippen LogP contribution is 2.35. The SMILES string of the molecule is Nc1nc(C(F)(F)F)c(C(=O)NCc2cccc(Br)c2)s1. The Kier molecular flexibility index (Phi) is 4.52. The van der Waals surface area contributed by atoms with Gasteiger partial charge in [0.1, 0.15) is 4.88 Å². The fraction of sp³-hybridized carbons (Fsp3) is 0.167. The maximum absolute atomic E-state index is 12.7. The number of aromatic nitrogens is 1. The van der Waals surface area contributed by atoms with Crippen LogP contribution in [0.2, 0.25) is 0 Å². The van der Waals surface area contributed by atoms with Crippen LogP contribution in [0.3, 0.4) is 0 Å². The topological polar surface area (TPSA) is 68.0 Å². The normalized spacial score (nSPS) is 11.4. The second-order valence-electron chi connectivity index (χ2n) is 4.04. The minimum Gasteiger partial charge on any atom is -0.375 e. The summed E-state index contributed by atoms with van der Waals surface area (Å²) in [4.78, 5) is 14.5. The number of benzene rings is 1. The van der Waals surface area contributed by atoms with E-state index in [9.17, 15) is 18.0 Å². The molecule has 0 radical (unpaired) electrons. The van der Waals surface area contributed by atoms with Crippen molar-refractivity contribution in [1.29, 1.82) is 0 Å². The van der Waals surface area contributed by atoms with E-state index in [4.69, 9.17) is 5.73 Å². The summed E-state index contributed by atoms with van der Waals surface area (Å²) in [6, 6.07) is 7.07. The van der Waals surface area contributed by atoms with Crippen LogP contribution in [0, 0.1) is 0 Å². The molecule has 0 spiro atoms. The summed E-state index contributed by atoms with van der Waals surface area (Å²) >= 11 is 3.78. The number of hydrogen-bond donors (Lipinski definition) is 2. The van der Waals surface area contributed by atoms with E-state index in [1.807, 2.05) is 0 Å². The summed E-state index contributed by atoms with van der Waals surface area (Å²) in [5, 5.41) is 2.13. The van der Waals surface area contributed by atoms with Crippen molar-refractivity contribution in [2.45, 2.75) is 12.7 Å². The first-order valence-electron chi connectivity index (χ1n) is 5.63. The molecule has 0 unspecified atom stereocenters. The molecule has 3 N–H and O–H groups in total. The standard InChI is InChI=1S/C12H9BrF3N3OS/c13-7-3-1-2-6(4-7)5-18-10(20)8-9(12(14,15)16)19-11(17)21-8/h1-4H,5H2,(H2,17,19)(H,18,20). The van der Waals surface area contributed by atoms with Gasteiger partial charge >= 0.3 is 6.18 Å². The number of nitrogens with zero attached hydrogens (tertiary/aromatic N) is 1. The van der Waals surface area contributed by atoms with Gasteiger partial charge in [-0.3, -0.25) is 4.79 Å². The second kappa shape index (κ2) is 6.02. The molecule has 0 saturated carbocycles. The number of nitrogens with one attached hydrogen (secondary N) is 1. The fourth-order valence-electron chi connectivity index (χ4n) is 1.59. The molecular formula is C12H9BrF3N3OS. The molecule has 0 bridgehead atoms. The summed E-state index contributed by atoms with van der Waals surface area (Å²) < 4.78 is 39.0. The number of nitrogens with two attached hydrogens (primary N) is 1. The van der Waals surface area contributed by atoms with Crippen LogP contribution in [-0.2, 0) is 12.7 Å². The fourth-order valence-corrected chi connectivity index (χ4v) is 2.81. The van der Waals surface area contributed by atoms with Gasteiger partial charge in [-0.25, -0.2) is 4.98 Å². The predicted octanol–water partition coefficient (Wildman–Crippen LogP) is 3.44. The molecule has 0 aliphatic rings. The Bertz CT molecular complexity index is 672. The number of alkyl halides is 3. The first kappa shape index (κ1) is 15.8. The molecule has 1 aromatic heterocycles. The van der Waals surface area contributed by atoms with Gasteiger partial charge < -0.3 is 11.1 Å². The van der Waals surface area contributed by atoms with E-state index in [1.165, 1.54) is 0 Å². The van der Waals surface area contributed by atoms with Crippen LogP contribution >= 0.6 is 27.3 Å². The Morgan fingerprint density at radius 3 is 2.76 bits per heavy atom. The molecule has 0 aliphatic heterocycles. The smallest absolute Gasteiger partial charge is 0.375 e. The Hall–Kier alpha value is -1.61. The monoisotopic (exact) mass is 379 g/mol. The first-order chi connectivity index (χ1) is 9.77. The number of hydrogen-bond acceptors (Lipinski definition) is 4. The number of rotatable bonds is 3. The van der Waals surface area contributed by atoms with Crippen LogP contribution in [-0.4, -0.2) is 10.9 Å². The lowest BCUT2D eigenvalue weighted by Gasteiger charge is -2.07. The van der Waals surface area contributed by atoms with Gasteiger partial charge in [0.15, 0.2) is 10.8 Å². The summed E-state index contributed by atoms with van der Waals surface area (Å²) in [7, 11) is 0. The Morgan fingerprint density at radius 2 is 2.14 bits per heavy atom. The number of anilines is 1. The van der Waals surface area contributed by atoms with Crippen LogP contribution in [0.15, 0.2) is 28.7 Å². The molecule has 1 aromatic carbocycles. The Morgan fingerprint density at radius 1 is 1.43 bits per heavy atom. The Balaban J connectivity index is 2.14. The maximum Gasteiger partial charge on any atom is 0.435 e. The quantitative estimate of drug-likeness (QED) is 0.858. The van der Waals surface area contributed by atoms with Crippen molar-refractivity contribution in [2.75, 3.05) is 5.73 Å². The number of thiazole rings is 1. The Labute approximate surface area is 130 Å². The van der Waals surface area contributed by atoms with E-state index in [0.717, 1.165) is 10.0 Å². The van der Waals surface area contributed by atoms with Gasteiger partial charge in [-0.05, 0) is 17.7 Å². The van der Waals surface area contributed by atoms with E-state index in [1.54, 1.807) is 24.3 Å². The van der Waals surface area contributed by atoms with Crippen LogP contribution in [0.5, 0.6) is 0 Å². The lowest BCUT2D eigenvalue weighted by Crippen LogP contribution is -2.24. The zero-order valence-corrected chi connectivity index (χ0v) is 12.8. The van der Waals surface area contributed by atoms with Gasteiger partial charge in [-0.1, -0.05) is 39.4 Å². The third kappa shape index (κ3) is 3.94. The number of amides is 1. The first-order valence-corrected chi connectivity index (χ1v) is 7.24. The highest BCUT2D eigenvalue weighted by molar-refractivity contribution is 9.10. The average molecular weight is 380 g/mol. The van der Waals surface area contributed by atoms with E-state index >= 15 is 0 Å². The van der Waals surface area contributed by atoms with Crippen LogP contribution in [0.25, 0.3) is 0 Å². The number of carbonyl (C=O) groups is 1. The molecule has 0 atom stereocenters. The zero-order valence-electron chi connectivity index (χ0n) is 10.4. The third-order valence-electron chi connectivity index (χ3n) is 2.46. The highest BCUT2D eigenvalue weighted by Gasteiger charge is 2.39. The molecular weight excluding hydrogens is 371 g/mol. The molecule has 0 saturated heterocycles. The predicted molar refractivity (Wildman–Crippen MR) is 76.8 cm³/mol. The number of carbonyl (C=O) groups excluding carboxylic acids is 1. The molecule has 1 amide bonds. The van der Waals surface area contributed by atoms with Crippen molar-refractivity contribution < 1.29 is 18.0 Å². The van der Waals surface area contributed by atoms with Crippen molar-refractivity contribution in [3.05, 3.63) is 44.9 Å². The zero-order chi connectivity index (χ0) is 15.6. The van der Waals surface area contributed by atoms with Gasteiger partial charge in [-0.2, -0.15) is 13.2 Å². The van der Waals surface area contributed by atoms with Gasteiger partial charge in [0.25, 0.3) is 5.91 Å². The van der Waals surface area contributed by atoms with Gasteiger partial charge in [0.05, 0.1) is 0 Å². The average Bonchev–Trinajstić information content (AvgIpc) is 2.78. The molecule has 21 heavy (non-hydrogen) atoms. The summed E-state index contributed by atoms with van der Waals surface area (Å²) in [5.74, 6) is -0.850. The van der Waals surface area contributed by atoms with Crippen molar-refractivity contribution >= 4 is 38.3 Å². The molecule has 1 heterocycles. The lowest BCUT2D eigenvalue weighted by molar-refractivity contribution is -0.141. The van der Waals surface area contributed by atoms with E-state index < -0.39 is 22.7 Å². The summed E-state index contributed by atoms with van der Waals surface area (Å²) in [6.45, 7) is 0.105. The molecule has 9 heteroatoms. The van der Waals surface area contributed by atoms with Gasteiger partial charge in [0.2, 0.25) is 0 Å². The second-order valence-corrected chi connectivity index (χ2v) is 5.99. The molecule has 4 nitrogen and oxygen atoms in total. The van der Waals surface area contributed by atoms with E-state index in [2.05, 4.69) is 26.2 Å². The summed E-state index contributed by atoms with van der Waals surface area (Å²) in [5.41, 5.74) is 4.76. The third-order valence-corrected chi connectivity index (χ3v) is 3.84. The maximum atomic E-state index is 12.7. The van der Waals surface area contributed by atoms with Crippen LogP contribution < -0.4 is 11.1 Å². The van der Waals surface area contributed by atoms with E-state index in [0.29, 0.717) is 11.3 Å². The van der Waals surface area contributed by atoms with Crippen molar-refractivity contribution in [2.24, 2.45) is 0 Å². The van der Waals surface area contributed by atoms with Crippen LogP contribution in [0.4, 0.5) is 18.3 Å².